The lowest BCUT2D eigenvalue weighted by Gasteiger charge is -2.38. The van der Waals surface area contributed by atoms with Crippen molar-refractivity contribution in [3.8, 4) is 0 Å². The Balaban J connectivity index is 2.47. The van der Waals surface area contributed by atoms with Gasteiger partial charge in [0, 0.05) is 5.02 Å². The van der Waals surface area contributed by atoms with Gasteiger partial charge in [0.1, 0.15) is 6.10 Å². The topological polar surface area (TPSA) is 37.3 Å². The molecule has 1 aromatic rings. The van der Waals surface area contributed by atoms with Gasteiger partial charge in [0.15, 0.2) is 5.78 Å². The molecule has 0 radical (unpaired) electrons. The first-order chi connectivity index (χ1) is 7.95. The number of Topliss-reactive ketones (excluding diaryl/α,β-unsaturated/α-hetero) is 1. The number of hydrogen-bond donors (Lipinski definition) is 1. The fourth-order valence-corrected chi connectivity index (χ4v) is 3.23. The number of carbonyl (C=O) groups is 1. The van der Waals surface area contributed by atoms with Crippen LogP contribution in [0.3, 0.4) is 0 Å². The number of ketones is 1. The molecule has 1 N–H and O–H groups in total. The van der Waals surface area contributed by atoms with Crippen LogP contribution in [0.4, 0.5) is 0 Å². The molecule has 2 rings (SSSR count). The minimum absolute atomic E-state index is 0.108. The van der Waals surface area contributed by atoms with E-state index in [-0.39, 0.29) is 5.78 Å². The van der Waals surface area contributed by atoms with Gasteiger partial charge in [-0.15, -0.1) is 0 Å². The molecule has 3 atom stereocenters. The highest BCUT2D eigenvalue weighted by Crippen LogP contribution is 2.41. The minimum Gasteiger partial charge on any atom is -0.385 e. The molecule has 2 nitrogen and oxygen atoms in total. The number of aliphatic hydroxyl groups is 1. The molecular formula is C14H17ClO2. The Morgan fingerprint density at radius 3 is 2.71 bits per heavy atom. The second kappa shape index (κ2) is 4.43. The first-order valence-electron chi connectivity index (χ1n) is 5.92. The van der Waals surface area contributed by atoms with Gasteiger partial charge >= 0.3 is 0 Å². The minimum atomic E-state index is -0.861. The maximum absolute atomic E-state index is 12.2. The Labute approximate surface area is 107 Å². The van der Waals surface area contributed by atoms with E-state index >= 15 is 0 Å². The molecule has 17 heavy (non-hydrogen) atoms. The van der Waals surface area contributed by atoms with Gasteiger partial charge in [0.2, 0.25) is 0 Å². The average molecular weight is 253 g/mol. The molecule has 1 saturated carbocycles. The first-order valence-corrected chi connectivity index (χ1v) is 6.30. The van der Waals surface area contributed by atoms with Gasteiger partial charge in [-0.25, -0.2) is 0 Å². The maximum atomic E-state index is 12.2. The van der Waals surface area contributed by atoms with E-state index in [1.54, 1.807) is 6.07 Å². The smallest absolute Gasteiger partial charge is 0.171 e. The summed E-state index contributed by atoms with van der Waals surface area (Å²) in [6.07, 6.45) is 0.436. The largest absolute Gasteiger partial charge is 0.385 e. The van der Waals surface area contributed by atoms with Crippen LogP contribution in [-0.2, 0) is 10.2 Å². The summed E-state index contributed by atoms with van der Waals surface area (Å²) in [4.78, 5) is 12.2. The number of aliphatic hydroxyl groups excluding tert-OH is 1. The summed E-state index contributed by atoms with van der Waals surface area (Å²) in [5, 5.41) is 10.4. The van der Waals surface area contributed by atoms with Crippen LogP contribution in [0.5, 0.6) is 0 Å². The molecule has 1 fully saturated rings. The highest BCUT2D eigenvalue weighted by atomic mass is 35.5. The normalized spacial score (nSPS) is 33.8. The van der Waals surface area contributed by atoms with E-state index in [9.17, 15) is 9.90 Å². The average Bonchev–Trinajstić information content (AvgIpc) is 2.26. The van der Waals surface area contributed by atoms with Crippen LogP contribution >= 0.6 is 11.6 Å². The van der Waals surface area contributed by atoms with Gasteiger partial charge in [0.05, 0.1) is 5.41 Å². The zero-order chi connectivity index (χ0) is 12.6. The zero-order valence-electron chi connectivity index (χ0n) is 10.1. The lowest BCUT2D eigenvalue weighted by Crippen LogP contribution is -2.46. The van der Waals surface area contributed by atoms with E-state index in [0.29, 0.717) is 17.4 Å². The number of carbonyl (C=O) groups excluding carboxylic acids is 1. The lowest BCUT2D eigenvalue weighted by atomic mass is 9.65. The van der Waals surface area contributed by atoms with Crippen molar-refractivity contribution in [2.24, 2.45) is 5.92 Å². The van der Waals surface area contributed by atoms with Gasteiger partial charge < -0.3 is 5.11 Å². The van der Waals surface area contributed by atoms with Crippen LogP contribution < -0.4 is 0 Å². The van der Waals surface area contributed by atoms with Gasteiger partial charge in [0.25, 0.3) is 0 Å². The van der Waals surface area contributed by atoms with Crippen LogP contribution in [0.15, 0.2) is 24.3 Å². The Kier molecular flexibility index (Phi) is 3.28. The van der Waals surface area contributed by atoms with E-state index < -0.39 is 11.5 Å². The second-order valence-electron chi connectivity index (χ2n) is 5.24. The van der Waals surface area contributed by atoms with Gasteiger partial charge in [-0.2, -0.15) is 0 Å². The van der Waals surface area contributed by atoms with Gasteiger partial charge in [-0.1, -0.05) is 36.7 Å². The second-order valence-corrected chi connectivity index (χ2v) is 5.64. The third-order valence-electron chi connectivity index (χ3n) is 3.70. The predicted molar refractivity (Wildman–Crippen MR) is 68.2 cm³/mol. The summed E-state index contributed by atoms with van der Waals surface area (Å²) < 4.78 is 0. The molecule has 0 heterocycles. The summed E-state index contributed by atoms with van der Waals surface area (Å²) in [7, 11) is 0. The Hall–Kier alpha value is -0.860. The molecule has 3 heteroatoms. The van der Waals surface area contributed by atoms with Crippen molar-refractivity contribution < 1.29 is 9.90 Å². The molecule has 0 saturated heterocycles. The Morgan fingerprint density at radius 2 is 2.06 bits per heavy atom. The summed E-state index contributed by atoms with van der Waals surface area (Å²) >= 11 is 6.17. The van der Waals surface area contributed by atoms with Crippen molar-refractivity contribution in [2.45, 2.75) is 38.2 Å². The number of hydrogen-bond acceptors (Lipinski definition) is 2. The van der Waals surface area contributed by atoms with E-state index in [0.717, 1.165) is 12.0 Å². The van der Waals surface area contributed by atoms with Crippen molar-refractivity contribution in [1.29, 1.82) is 0 Å². The molecule has 0 bridgehead atoms. The molecule has 1 aliphatic rings. The zero-order valence-corrected chi connectivity index (χ0v) is 10.9. The number of rotatable bonds is 1. The quantitative estimate of drug-likeness (QED) is 0.834. The molecular weight excluding hydrogens is 236 g/mol. The maximum Gasteiger partial charge on any atom is 0.171 e. The third-order valence-corrected chi connectivity index (χ3v) is 4.03. The summed E-state index contributed by atoms with van der Waals surface area (Å²) in [6.45, 7) is 3.94. The number of halogens is 1. The molecule has 1 aromatic carbocycles. The van der Waals surface area contributed by atoms with Crippen LogP contribution in [-0.4, -0.2) is 17.0 Å². The molecule has 0 unspecified atom stereocenters. The predicted octanol–water partition coefficient (Wildman–Crippen LogP) is 2.96. The van der Waals surface area contributed by atoms with Crippen molar-refractivity contribution in [1.82, 2.24) is 0 Å². The monoisotopic (exact) mass is 252 g/mol. The summed E-state index contributed by atoms with van der Waals surface area (Å²) in [5.41, 5.74) is 0.173. The highest BCUT2D eigenvalue weighted by molar-refractivity contribution is 6.31. The van der Waals surface area contributed by atoms with Crippen molar-refractivity contribution in [3.63, 3.8) is 0 Å². The van der Waals surface area contributed by atoms with Crippen LogP contribution in [0.25, 0.3) is 0 Å². The molecule has 0 aliphatic heterocycles. The van der Waals surface area contributed by atoms with E-state index in [1.807, 2.05) is 25.1 Å². The van der Waals surface area contributed by atoms with E-state index in [4.69, 9.17) is 11.6 Å². The fourth-order valence-electron chi connectivity index (χ4n) is 2.89. The van der Waals surface area contributed by atoms with E-state index in [1.165, 1.54) is 0 Å². The van der Waals surface area contributed by atoms with Gasteiger partial charge in [-0.05, 0) is 37.3 Å². The summed E-state index contributed by atoms with van der Waals surface area (Å²) in [6, 6.07) is 7.40. The standard InChI is InChI=1S/C14H17ClO2/c1-9-7-12(16)13(17)14(2,8-9)10-5-3-4-6-11(10)15/h3-6,9,12,16H,7-8H2,1-2H3/t9-,12+,14-/m1/s1. The van der Waals surface area contributed by atoms with Crippen LogP contribution in [0, 0.1) is 5.92 Å². The Morgan fingerprint density at radius 1 is 1.41 bits per heavy atom. The van der Waals surface area contributed by atoms with Crippen LogP contribution in [0.1, 0.15) is 32.3 Å². The fraction of sp³-hybridized carbons (Fsp3) is 0.500. The molecule has 92 valence electrons. The SMILES string of the molecule is C[C@@H]1C[C@H](O)C(=O)[C@@](C)(c2ccccc2Cl)C1. The Bertz CT molecular complexity index is 444. The third kappa shape index (κ3) is 2.12. The van der Waals surface area contributed by atoms with Crippen molar-refractivity contribution in [2.75, 3.05) is 0 Å². The van der Waals surface area contributed by atoms with Gasteiger partial charge in [-0.3, -0.25) is 4.79 Å². The molecule has 0 amide bonds. The first kappa shape index (κ1) is 12.6. The summed E-state index contributed by atoms with van der Waals surface area (Å²) in [5.74, 6) is 0.215. The molecule has 0 spiro atoms. The molecule has 1 aliphatic carbocycles. The van der Waals surface area contributed by atoms with Crippen LogP contribution in [0.2, 0.25) is 5.02 Å². The lowest BCUT2D eigenvalue weighted by molar-refractivity contribution is -0.137. The van der Waals surface area contributed by atoms with Crippen molar-refractivity contribution >= 4 is 17.4 Å². The van der Waals surface area contributed by atoms with E-state index in [2.05, 4.69) is 6.92 Å². The highest BCUT2D eigenvalue weighted by Gasteiger charge is 2.45. The molecule has 0 aromatic heterocycles. The number of benzene rings is 1. The van der Waals surface area contributed by atoms with Crippen molar-refractivity contribution in [3.05, 3.63) is 34.9 Å².